The maximum Gasteiger partial charge on any atom is 0.344 e. The van der Waals surface area contributed by atoms with Crippen molar-refractivity contribution >= 4 is 22.9 Å². The summed E-state index contributed by atoms with van der Waals surface area (Å²) in [5, 5.41) is 6.77. The lowest BCUT2D eigenvalue weighted by atomic mass is 10.5. The van der Waals surface area contributed by atoms with Gasteiger partial charge in [0.25, 0.3) is 0 Å². The lowest BCUT2D eigenvalue weighted by molar-refractivity contribution is -0.135. The van der Waals surface area contributed by atoms with E-state index < -0.39 is 5.97 Å². The number of carbonyl (C=O) groups is 1. The fourth-order valence-electron chi connectivity index (χ4n) is 0.437. The minimum atomic E-state index is -0.465. The highest BCUT2D eigenvalue weighted by Crippen LogP contribution is 2.15. The molecule has 62 valence electrons. The van der Waals surface area contributed by atoms with Crippen molar-refractivity contribution in [1.29, 1.82) is 5.41 Å². The number of rotatable bonds is 2. The van der Waals surface area contributed by atoms with Crippen molar-refractivity contribution in [3.63, 3.8) is 0 Å². The Kier molecular flexibility index (Phi) is 4.36. The van der Waals surface area contributed by atoms with E-state index in [2.05, 4.69) is 4.74 Å². The van der Waals surface area contributed by atoms with Crippen LogP contribution in [-0.4, -0.2) is 18.2 Å². The summed E-state index contributed by atoms with van der Waals surface area (Å²) in [6, 6.07) is 0. The Morgan fingerprint density at radius 2 is 2.27 bits per heavy atom. The molecule has 0 atom stereocenters. The molecule has 0 bridgehead atoms. The molecule has 0 fully saturated rings. The van der Waals surface area contributed by atoms with Gasteiger partial charge in [-0.2, -0.15) is 0 Å². The number of carbonyl (C=O) groups excluding carboxylic acids is 1. The second kappa shape index (κ2) is 4.79. The summed E-state index contributed by atoms with van der Waals surface area (Å²) < 4.78 is 4.42. The average Bonchev–Trinajstić information content (AvgIpc) is 1.98. The van der Waals surface area contributed by atoms with Gasteiger partial charge in [0.2, 0.25) is 0 Å². The van der Waals surface area contributed by atoms with Crippen molar-refractivity contribution in [2.75, 3.05) is 7.11 Å². The van der Waals surface area contributed by atoms with E-state index in [0.29, 0.717) is 4.91 Å². The first-order valence-electron chi connectivity index (χ1n) is 2.88. The van der Waals surface area contributed by atoms with Gasteiger partial charge in [0, 0.05) is 0 Å². The molecule has 0 radical (unpaired) electrons. The SMILES string of the molecule is C/C=C(\SC(=N)N)C(=O)OC. The number of esters is 1. The third kappa shape index (κ3) is 3.67. The molecule has 4 nitrogen and oxygen atoms in total. The zero-order chi connectivity index (χ0) is 8.85. The molecule has 0 aliphatic heterocycles. The molecule has 0 unspecified atom stereocenters. The Morgan fingerprint density at radius 1 is 1.73 bits per heavy atom. The summed E-state index contributed by atoms with van der Waals surface area (Å²) >= 11 is 0.880. The maximum absolute atomic E-state index is 10.8. The van der Waals surface area contributed by atoms with Crippen LogP contribution in [0.1, 0.15) is 6.92 Å². The van der Waals surface area contributed by atoms with E-state index in [4.69, 9.17) is 11.1 Å². The molecule has 0 aromatic heterocycles. The van der Waals surface area contributed by atoms with E-state index in [1.54, 1.807) is 13.0 Å². The van der Waals surface area contributed by atoms with Gasteiger partial charge in [-0.25, -0.2) is 4.79 Å². The lowest BCUT2D eigenvalue weighted by Gasteiger charge is -2.00. The molecule has 5 heteroatoms. The second-order valence-corrected chi connectivity index (χ2v) is 2.69. The van der Waals surface area contributed by atoms with Crippen molar-refractivity contribution in [1.82, 2.24) is 0 Å². The smallest absolute Gasteiger partial charge is 0.344 e. The molecule has 0 aromatic rings. The van der Waals surface area contributed by atoms with Crippen molar-refractivity contribution < 1.29 is 9.53 Å². The number of amidine groups is 1. The Labute approximate surface area is 69.3 Å². The fourth-order valence-corrected chi connectivity index (χ4v) is 0.959. The maximum atomic E-state index is 10.8. The normalized spacial score (nSPS) is 10.9. The standard InChI is InChI=1S/C6H10N2O2S/c1-3-4(5(9)10-2)11-6(7)8/h3H,1-2H3,(H3,7,8)/b4-3-. The third-order valence-corrected chi connectivity index (χ3v) is 1.71. The van der Waals surface area contributed by atoms with Gasteiger partial charge in [-0.15, -0.1) is 0 Å². The molecule has 0 aromatic carbocycles. The highest BCUT2D eigenvalue weighted by atomic mass is 32.2. The summed E-state index contributed by atoms with van der Waals surface area (Å²) in [7, 11) is 1.28. The zero-order valence-corrected chi connectivity index (χ0v) is 7.20. The van der Waals surface area contributed by atoms with Gasteiger partial charge < -0.3 is 10.5 Å². The van der Waals surface area contributed by atoms with Crippen LogP contribution >= 0.6 is 11.8 Å². The van der Waals surface area contributed by atoms with E-state index in [0.717, 1.165) is 11.8 Å². The Balaban J connectivity index is 4.20. The number of methoxy groups -OCH3 is 1. The predicted molar refractivity (Wildman–Crippen MR) is 45.3 cm³/mol. The first kappa shape index (κ1) is 10.0. The van der Waals surface area contributed by atoms with Crippen LogP contribution < -0.4 is 5.73 Å². The number of hydrogen-bond acceptors (Lipinski definition) is 4. The van der Waals surface area contributed by atoms with Gasteiger partial charge >= 0.3 is 5.97 Å². The first-order valence-corrected chi connectivity index (χ1v) is 3.70. The number of thioether (sulfide) groups is 1. The first-order chi connectivity index (χ1) is 5.11. The van der Waals surface area contributed by atoms with Crippen molar-refractivity contribution in [2.45, 2.75) is 6.92 Å². The highest BCUT2D eigenvalue weighted by Gasteiger charge is 2.09. The van der Waals surface area contributed by atoms with Crippen LogP contribution in [0.5, 0.6) is 0 Å². The molecular formula is C6H10N2O2S. The molecule has 0 saturated carbocycles. The van der Waals surface area contributed by atoms with Crippen molar-refractivity contribution in [3.8, 4) is 0 Å². The van der Waals surface area contributed by atoms with E-state index in [1.165, 1.54) is 7.11 Å². The number of allylic oxidation sites excluding steroid dienone is 1. The van der Waals surface area contributed by atoms with Crippen molar-refractivity contribution in [3.05, 3.63) is 11.0 Å². The zero-order valence-electron chi connectivity index (χ0n) is 6.38. The van der Waals surface area contributed by atoms with Gasteiger partial charge in [0.05, 0.1) is 12.0 Å². The molecule has 0 aliphatic rings. The lowest BCUT2D eigenvalue weighted by Crippen LogP contribution is -2.09. The van der Waals surface area contributed by atoms with E-state index >= 15 is 0 Å². The molecule has 0 heterocycles. The van der Waals surface area contributed by atoms with E-state index in [1.807, 2.05) is 0 Å². The van der Waals surface area contributed by atoms with E-state index in [9.17, 15) is 4.79 Å². The minimum Gasteiger partial charge on any atom is -0.465 e. The monoisotopic (exact) mass is 174 g/mol. The summed E-state index contributed by atoms with van der Waals surface area (Å²) in [5.74, 6) is -0.465. The second-order valence-electron chi connectivity index (χ2n) is 1.61. The third-order valence-electron chi connectivity index (χ3n) is 0.869. The molecule has 3 N–H and O–H groups in total. The van der Waals surface area contributed by atoms with Crippen LogP contribution in [-0.2, 0) is 9.53 Å². The van der Waals surface area contributed by atoms with Crippen LogP contribution in [0, 0.1) is 5.41 Å². The van der Waals surface area contributed by atoms with Gasteiger partial charge in [-0.1, -0.05) is 6.08 Å². The average molecular weight is 174 g/mol. The number of nitrogens with two attached hydrogens (primary N) is 1. The topological polar surface area (TPSA) is 76.2 Å². The van der Waals surface area contributed by atoms with Gasteiger partial charge in [0.1, 0.15) is 0 Å². The van der Waals surface area contributed by atoms with Crippen molar-refractivity contribution in [2.24, 2.45) is 5.73 Å². The summed E-state index contributed by atoms with van der Waals surface area (Å²) in [6.07, 6.45) is 1.55. The minimum absolute atomic E-state index is 0.122. The molecule has 0 rings (SSSR count). The molecule has 0 saturated heterocycles. The quantitative estimate of drug-likeness (QED) is 0.279. The van der Waals surface area contributed by atoms with E-state index in [-0.39, 0.29) is 5.17 Å². The van der Waals surface area contributed by atoms with Crippen LogP contribution in [0.25, 0.3) is 0 Å². The molecule has 0 amide bonds. The largest absolute Gasteiger partial charge is 0.465 e. The molecular weight excluding hydrogens is 164 g/mol. The van der Waals surface area contributed by atoms with Gasteiger partial charge in [0.15, 0.2) is 5.17 Å². The molecule has 0 spiro atoms. The molecule has 0 aliphatic carbocycles. The fraction of sp³-hybridized carbons (Fsp3) is 0.333. The van der Waals surface area contributed by atoms with Crippen LogP contribution in [0.15, 0.2) is 11.0 Å². The number of ether oxygens (including phenoxy) is 1. The highest BCUT2D eigenvalue weighted by molar-refractivity contribution is 8.17. The summed E-state index contributed by atoms with van der Waals surface area (Å²) in [6.45, 7) is 1.68. The molecule has 11 heavy (non-hydrogen) atoms. The van der Waals surface area contributed by atoms with Crippen LogP contribution in [0.2, 0.25) is 0 Å². The Morgan fingerprint density at radius 3 is 2.55 bits per heavy atom. The van der Waals surface area contributed by atoms with Crippen LogP contribution in [0.4, 0.5) is 0 Å². The summed E-state index contributed by atoms with van der Waals surface area (Å²) in [5.41, 5.74) is 5.06. The Bertz CT molecular complexity index is 201. The van der Waals surface area contributed by atoms with Gasteiger partial charge in [-0.3, -0.25) is 5.41 Å². The van der Waals surface area contributed by atoms with Crippen LogP contribution in [0.3, 0.4) is 0 Å². The number of nitrogens with one attached hydrogen (secondary N) is 1. The summed E-state index contributed by atoms with van der Waals surface area (Å²) in [4.78, 5) is 11.1. The van der Waals surface area contributed by atoms with Gasteiger partial charge in [-0.05, 0) is 18.7 Å². The Hall–Kier alpha value is -0.970. The number of hydrogen-bond donors (Lipinski definition) is 2. The predicted octanol–water partition coefficient (Wildman–Crippen LogP) is 0.690.